The molecule has 1 fully saturated rings. The number of thiazole rings is 1. The van der Waals surface area contributed by atoms with Crippen LogP contribution in [0.15, 0.2) is 48.5 Å². The SMILES string of the molecule is COCCn1nnnc1C(c1ccc(Cl)cc1)N1CCN(c2nc3ccccc3s2)CC1. The minimum Gasteiger partial charge on any atom is -0.383 e. The van der Waals surface area contributed by atoms with E-state index in [1.54, 1.807) is 18.4 Å². The molecule has 166 valence electrons. The minimum absolute atomic E-state index is 0.0587. The number of para-hydroxylation sites is 1. The Labute approximate surface area is 195 Å². The number of ether oxygens (including phenoxy) is 1. The van der Waals surface area contributed by atoms with Gasteiger partial charge in [-0.3, -0.25) is 4.90 Å². The Balaban J connectivity index is 1.39. The second-order valence-corrected chi connectivity index (χ2v) is 9.14. The summed E-state index contributed by atoms with van der Waals surface area (Å²) >= 11 is 7.91. The van der Waals surface area contributed by atoms with Crippen molar-refractivity contribution < 1.29 is 4.74 Å². The van der Waals surface area contributed by atoms with Crippen LogP contribution in [-0.2, 0) is 11.3 Å². The van der Waals surface area contributed by atoms with Crippen molar-refractivity contribution in [1.82, 2.24) is 30.1 Å². The van der Waals surface area contributed by atoms with Crippen LogP contribution in [0.3, 0.4) is 0 Å². The van der Waals surface area contributed by atoms with E-state index in [0.29, 0.717) is 18.2 Å². The highest BCUT2D eigenvalue weighted by atomic mass is 35.5. The van der Waals surface area contributed by atoms with E-state index in [2.05, 4.69) is 55.7 Å². The fourth-order valence-electron chi connectivity index (χ4n) is 4.08. The molecule has 5 rings (SSSR count). The molecular weight excluding hydrogens is 446 g/mol. The van der Waals surface area contributed by atoms with Crippen molar-refractivity contribution in [2.75, 3.05) is 44.8 Å². The molecule has 1 aliphatic rings. The molecule has 1 saturated heterocycles. The van der Waals surface area contributed by atoms with Crippen molar-refractivity contribution in [3.63, 3.8) is 0 Å². The molecule has 1 unspecified atom stereocenters. The van der Waals surface area contributed by atoms with Gasteiger partial charge in [-0.15, -0.1) is 5.10 Å². The molecule has 1 atom stereocenters. The van der Waals surface area contributed by atoms with E-state index in [1.807, 2.05) is 22.9 Å². The third-order valence-corrected chi connectivity index (χ3v) is 7.08. The summed E-state index contributed by atoms with van der Waals surface area (Å²) in [4.78, 5) is 9.63. The zero-order valence-electron chi connectivity index (χ0n) is 17.8. The standard InChI is InChI=1S/C22H24ClN7OS/c1-31-15-14-30-21(25-26-27-30)20(16-6-8-17(23)9-7-16)28-10-12-29(13-11-28)22-24-18-4-2-3-5-19(18)32-22/h2-9,20H,10-15H2,1H3. The Morgan fingerprint density at radius 1 is 1.06 bits per heavy atom. The lowest BCUT2D eigenvalue weighted by molar-refractivity contribution is 0.172. The van der Waals surface area contributed by atoms with Crippen LogP contribution in [0, 0.1) is 0 Å². The highest BCUT2D eigenvalue weighted by Crippen LogP contribution is 2.32. The van der Waals surface area contributed by atoms with E-state index in [-0.39, 0.29) is 6.04 Å². The lowest BCUT2D eigenvalue weighted by atomic mass is 10.0. The van der Waals surface area contributed by atoms with E-state index in [1.165, 1.54) is 4.70 Å². The molecule has 2 aromatic heterocycles. The average Bonchev–Trinajstić information content (AvgIpc) is 3.47. The van der Waals surface area contributed by atoms with Crippen LogP contribution in [0.2, 0.25) is 5.02 Å². The predicted octanol–water partition coefficient (Wildman–Crippen LogP) is 3.49. The van der Waals surface area contributed by atoms with Gasteiger partial charge in [0.05, 0.1) is 29.4 Å². The van der Waals surface area contributed by atoms with Crippen LogP contribution in [0.25, 0.3) is 10.2 Å². The Hall–Kier alpha value is -2.59. The molecule has 8 nitrogen and oxygen atoms in total. The molecule has 0 spiro atoms. The van der Waals surface area contributed by atoms with Gasteiger partial charge in [0.15, 0.2) is 11.0 Å². The van der Waals surface area contributed by atoms with Gasteiger partial charge in [-0.05, 0) is 40.3 Å². The number of benzene rings is 2. The molecule has 3 heterocycles. The van der Waals surface area contributed by atoms with Gasteiger partial charge in [-0.25, -0.2) is 9.67 Å². The molecule has 10 heteroatoms. The van der Waals surface area contributed by atoms with Crippen molar-refractivity contribution in [2.24, 2.45) is 0 Å². The summed E-state index contributed by atoms with van der Waals surface area (Å²) in [5.74, 6) is 0.817. The van der Waals surface area contributed by atoms with E-state index >= 15 is 0 Å². The van der Waals surface area contributed by atoms with E-state index in [9.17, 15) is 0 Å². The van der Waals surface area contributed by atoms with Gasteiger partial charge in [0.1, 0.15) is 0 Å². The molecule has 4 aromatic rings. The molecule has 0 bridgehead atoms. The minimum atomic E-state index is -0.0587. The predicted molar refractivity (Wildman–Crippen MR) is 126 cm³/mol. The molecule has 32 heavy (non-hydrogen) atoms. The Morgan fingerprint density at radius 3 is 2.59 bits per heavy atom. The maximum atomic E-state index is 6.16. The first kappa shape index (κ1) is 21.3. The van der Waals surface area contributed by atoms with Crippen LogP contribution in [0.5, 0.6) is 0 Å². The third-order valence-electron chi connectivity index (χ3n) is 5.73. The fourth-order valence-corrected chi connectivity index (χ4v) is 5.22. The molecule has 0 amide bonds. The van der Waals surface area contributed by atoms with Gasteiger partial charge >= 0.3 is 0 Å². The molecule has 0 N–H and O–H groups in total. The number of methoxy groups -OCH3 is 1. The second-order valence-electron chi connectivity index (χ2n) is 7.69. The Bertz CT molecular complexity index is 1140. The van der Waals surface area contributed by atoms with Crippen molar-refractivity contribution in [2.45, 2.75) is 12.6 Å². The summed E-state index contributed by atoms with van der Waals surface area (Å²) in [5, 5.41) is 14.4. The van der Waals surface area contributed by atoms with Gasteiger partial charge in [0.2, 0.25) is 0 Å². The monoisotopic (exact) mass is 469 g/mol. The van der Waals surface area contributed by atoms with Crippen LogP contribution in [-0.4, -0.2) is 70.0 Å². The first-order valence-corrected chi connectivity index (χ1v) is 11.8. The third kappa shape index (κ3) is 4.33. The quantitative estimate of drug-likeness (QED) is 0.410. The number of piperazine rings is 1. The number of hydrogen-bond donors (Lipinski definition) is 0. The number of aromatic nitrogens is 5. The number of hydrogen-bond acceptors (Lipinski definition) is 8. The van der Waals surface area contributed by atoms with Gasteiger partial charge in [0, 0.05) is 38.3 Å². The summed E-state index contributed by atoms with van der Waals surface area (Å²) < 4.78 is 8.30. The second kappa shape index (κ2) is 9.50. The van der Waals surface area contributed by atoms with E-state index in [4.69, 9.17) is 21.3 Å². The van der Waals surface area contributed by atoms with Gasteiger partial charge in [-0.2, -0.15) is 0 Å². The van der Waals surface area contributed by atoms with Crippen molar-refractivity contribution in [1.29, 1.82) is 0 Å². The number of nitrogens with zero attached hydrogens (tertiary/aromatic N) is 7. The van der Waals surface area contributed by atoms with Gasteiger partial charge in [-0.1, -0.05) is 47.2 Å². The lowest BCUT2D eigenvalue weighted by Crippen LogP contribution is -2.48. The topological polar surface area (TPSA) is 72.2 Å². The van der Waals surface area contributed by atoms with Crippen LogP contribution < -0.4 is 4.90 Å². The largest absolute Gasteiger partial charge is 0.383 e. The molecule has 1 aliphatic heterocycles. The molecular formula is C22H24ClN7OS. The fraction of sp³-hybridized carbons (Fsp3) is 0.364. The van der Waals surface area contributed by atoms with Crippen molar-refractivity contribution in [3.8, 4) is 0 Å². The summed E-state index contributed by atoms with van der Waals surface area (Å²) in [6, 6.07) is 16.2. The normalized spacial score (nSPS) is 16.0. The number of rotatable bonds is 7. The Kier molecular flexibility index (Phi) is 6.31. The zero-order valence-corrected chi connectivity index (χ0v) is 19.3. The summed E-state index contributed by atoms with van der Waals surface area (Å²) in [6.07, 6.45) is 0. The lowest BCUT2D eigenvalue weighted by Gasteiger charge is -2.38. The van der Waals surface area contributed by atoms with Crippen molar-refractivity contribution >= 4 is 38.3 Å². The molecule has 0 radical (unpaired) electrons. The highest BCUT2D eigenvalue weighted by Gasteiger charge is 2.31. The van der Waals surface area contributed by atoms with E-state index in [0.717, 1.165) is 48.2 Å². The summed E-state index contributed by atoms with van der Waals surface area (Å²) in [7, 11) is 1.68. The van der Waals surface area contributed by atoms with Crippen molar-refractivity contribution in [3.05, 3.63) is 64.9 Å². The van der Waals surface area contributed by atoms with Crippen LogP contribution >= 0.6 is 22.9 Å². The average molecular weight is 470 g/mol. The number of halogens is 1. The first-order chi connectivity index (χ1) is 15.7. The molecule has 0 saturated carbocycles. The first-order valence-electron chi connectivity index (χ1n) is 10.6. The molecule has 0 aliphatic carbocycles. The summed E-state index contributed by atoms with van der Waals surface area (Å²) in [5.41, 5.74) is 2.18. The Morgan fingerprint density at radius 2 is 1.84 bits per heavy atom. The smallest absolute Gasteiger partial charge is 0.186 e. The van der Waals surface area contributed by atoms with Crippen LogP contribution in [0.1, 0.15) is 17.4 Å². The molecule has 2 aromatic carbocycles. The van der Waals surface area contributed by atoms with Crippen LogP contribution in [0.4, 0.5) is 5.13 Å². The van der Waals surface area contributed by atoms with Gasteiger partial charge < -0.3 is 9.64 Å². The number of fused-ring (bicyclic) bond motifs is 1. The zero-order chi connectivity index (χ0) is 21.9. The highest BCUT2D eigenvalue weighted by molar-refractivity contribution is 7.22. The number of tetrazole rings is 1. The number of anilines is 1. The van der Waals surface area contributed by atoms with Gasteiger partial charge in [0.25, 0.3) is 0 Å². The maximum absolute atomic E-state index is 6.16. The summed E-state index contributed by atoms with van der Waals surface area (Å²) in [6.45, 7) is 4.69. The van der Waals surface area contributed by atoms with E-state index < -0.39 is 0 Å². The maximum Gasteiger partial charge on any atom is 0.186 e.